The molecule has 1 aliphatic heterocycles. The molecular formula is C10H21NS2. The minimum Gasteiger partial charge on any atom is -0.311 e. The number of nitrogens with one attached hydrogen (secondary N) is 1. The van der Waals surface area contributed by atoms with Crippen LogP contribution >= 0.6 is 23.5 Å². The van der Waals surface area contributed by atoms with Crippen LogP contribution in [0.15, 0.2) is 0 Å². The first kappa shape index (κ1) is 11.7. The quantitative estimate of drug-likeness (QED) is 0.780. The normalized spacial score (nSPS) is 29.5. The van der Waals surface area contributed by atoms with Gasteiger partial charge in [-0.2, -0.15) is 23.5 Å². The molecule has 0 aromatic rings. The van der Waals surface area contributed by atoms with Gasteiger partial charge in [-0.15, -0.1) is 0 Å². The van der Waals surface area contributed by atoms with Gasteiger partial charge >= 0.3 is 0 Å². The second-order valence-corrected chi connectivity index (χ2v) is 7.31. The van der Waals surface area contributed by atoms with E-state index in [-0.39, 0.29) is 0 Å². The van der Waals surface area contributed by atoms with Crippen LogP contribution in [0.2, 0.25) is 0 Å². The lowest BCUT2D eigenvalue weighted by atomic mass is 10.1. The second-order valence-electron chi connectivity index (χ2n) is 4.32. The fraction of sp³-hybridized carbons (Fsp3) is 1.00. The van der Waals surface area contributed by atoms with Crippen molar-refractivity contribution in [2.24, 2.45) is 0 Å². The molecule has 1 fully saturated rings. The molecule has 1 rings (SSSR count). The summed E-state index contributed by atoms with van der Waals surface area (Å²) < 4.78 is 0.382. The van der Waals surface area contributed by atoms with Crippen molar-refractivity contribution < 1.29 is 0 Å². The summed E-state index contributed by atoms with van der Waals surface area (Å²) >= 11 is 4.04. The molecule has 0 saturated carbocycles. The Morgan fingerprint density at radius 3 is 2.69 bits per heavy atom. The summed E-state index contributed by atoms with van der Waals surface area (Å²) in [4.78, 5) is 0. The van der Waals surface area contributed by atoms with Crippen molar-refractivity contribution in [2.75, 3.05) is 18.6 Å². The monoisotopic (exact) mass is 219 g/mol. The summed E-state index contributed by atoms with van der Waals surface area (Å²) in [6.45, 7) is 8.07. The first-order chi connectivity index (χ1) is 6.05. The maximum absolute atomic E-state index is 3.68. The van der Waals surface area contributed by atoms with E-state index in [1.165, 1.54) is 12.2 Å². The van der Waals surface area contributed by atoms with E-state index in [9.17, 15) is 0 Å². The van der Waals surface area contributed by atoms with E-state index in [1.54, 1.807) is 0 Å². The van der Waals surface area contributed by atoms with Gasteiger partial charge in [-0.3, -0.25) is 0 Å². The molecule has 1 aliphatic rings. The van der Waals surface area contributed by atoms with Gasteiger partial charge in [-0.1, -0.05) is 6.92 Å². The third-order valence-corrected chi connectivity index (χ3v) is 5.29. The summed E-state index contributed by atoms with van der Waals surface area (Å²) in [5, 5.41) is 4.48. The summed E-state index contributed by atoms with van der Waals surface area (Å²) in [7, 11) is 0. The molecule has 0 amide bonds. The molecule has 1 N–H and O–H groups in total. The van der Waals surface area contributed by atoms with Crippen LogP contribution in [0.1, 0.15) is 27.2 Å². The third kappa shape index (κ3) is 3.72. The van der Waals surface area contributed by atoms with Crippen molar-refractivity contribution >= 4 is 23.5 Å². The van der Waals surface area contributed by atoms with Gasteiger partial charge in [0.1, 0.15) is 0 Å². The van der Waals surface area contributed by atoms with E-state index in [0.717, 1.165) is 17.8 Å². The Balaban J connectivity index is 2.25. The summed E-state index contributed by atoms with van der Waals surface area (Å²) in [6.07, 6.45) is 3.53. The Morgan fingerprint density at radius 1 is 1.54 bits per heavy atom. The van der Waals surface area contributed by atoms with Crippen LogP contribution in [0.25, 0.3) is 0 Å². The SMILES string of the molecule is CSC(C)(C)CNC1CCSC1C. The molecule has 1 saturated heterocycles. The van der Waals surface area contributed by atoms with Gasteiger partial charge in [-0.25, -0.2) is 0 Å². The molecule has 78 valence electrons. The van der Waals surface area contributed by atoms with E-state index in [0.29, 0.717) is 4.75 Å². The van der Waals surface area contributed by atoms with Crippen molar-refractivity contribution in [1.29, 1.82) is 0 Å². The Hall–Kier alpha value is 0.660. The van der Waals surface area contributed by atoms with Gasteiger partial charge < -0.3 is 5.32 Å². The van der Waals surface area contributed by atoms with Crippen molar-refractivity contribution in [2.45, 2.75) is 43.2 Å². The molecule has 3 heteroatoms. The third-order valence-electron chi connectivity index (χ3n) is 2.72. The summed E-state index contributed by atoms with van der Waals surface area (Å²) in [5.41, 5.74) is 0. The standard InChI is InChI=1S/C10H21NS2/c1-8-9(5-6-13-8)11-7-10(2,3)12-4/h8-9,11H,5-7H2,1-4H3. The average Bonchev–Trinajstić information content (AvgIpc) is 2.48. The molecule has 2 atom stereocenters. The highest BCUT2D eigenvalue weighted by Gasteiger charge is 2.25. The Morgan fingerprint density at radius 2 is 2.23 bits per heavy atom. The van der Waals surface area contributed by atoms with Crippen LogP contribution < -0.4 is 5.32 Å². The Labute approximate surface area is 90.8 Å². The maximum Gasteiger partial charge on any atom is 0.0225 e. The lowest BCUT2D eigenvalue weighted by Gasteiger charge is -2.26. The van der Waals surface area contributed by atoms with E-state index in [4.69, 9.17) is 0 Å². The van der Waals surface area contributed by atoms with Crippen LogP contribution in [0.3, 0.4) is 0 Å². The number of thioether (sulfide) groups is 2. The van der Waals surface area contributed by atoms with Gasteiger partial charge in [-0.05, 0) is 32.3 Å². The summed E-state index contributed by atoms with van der Waals surface area (Å²) in [6, 6.07) is 0.747. The molecule has 1 nitrogen and oxygen atoms in total. The zero-order valence-electron chi connectivity index (χ0n) is 9.09. The molecule has 0 radical (unpaired) electrons. The average molecular weight is 219 g/mol. The van der Waals surface area contributed by atoms with E-state index >= 15 is 0 Å². The van der Waals surface area contributed by atoms with Crippen LogP contribution in [0.5, 0.6) is 0 Å². The fourth-order valence-electron chi connectivity index (χ4n) is 1.45. The minimum atomic E-state index is 0.382. The Kier molecular flexibility index (Phi) is 4.46. The van der Waals surface area contributed by atoms with Crippen molar-refractivity contribution in [3.63, 3.8) is 0 Å². The molecule has 13 heavy (non-hydrogen) atoms. The topological polar surface area (TPSA) is 12.0 Å². The first-order valence-electron chi connectivity index (χ1n) is 4.95. The van der Waals surface area contributed by atoms with Crippen LogP contribution in [-0.2, 0) is 0 Å². The molecule has 0 spiro atoms. The molecule has 1 heterocycles. The summed E-state index contributed by atoms with van der Waals surface area (Å²) in [5.74, 6) is 1.33. The molecule has 0 aromatic heterocycles. The van der Waals surface area contributed by atoms with E-state index in [1.807, 2.05) is 11.8 Å². The van der Waals surface area contributed by atoms with Gasteiger partial charge in [0, 0.05) is 22.6 Å². The van der Waals surface area contributed by atoms with Gasteiger partial charge in [0.05, 0.1) is 0 Å². The smallest absolute Gasteiger partial charge is 0.0225 e. The maximum atomic E-state index is 3.68. The van der Waals surface area contributed by atoms with E-state index in [2.05, 4.69) is 44.1 Å². The molecule has 0 aliphatic carbocycles. The number of rotatable bonds is 4. The lowest BCUT2D eigenvalue weighted by Crippen LogP contribution is -2.41. The van der Waals surface area contributed by atoms with E-state index < -0.39 is 0 Å². The molecule has 0 aromatic carbocycles. The lowest BCUT2D eigenvalue weighted by molar-refractivity contribution is 0.481. The molecule has 2 unspecified atom stereocenters. The van der Waals surface area contributed by atoms with Crippen molar-refractivity contribution in [1.82, 2.24) is 5.32 Å². The molecular weight excluding hydrogens is 198 g/mol. The highest BCUT2D eigenvalue weighted by atomic mass is 32.2. The van der Waals surface area contributed by atoms with Crippen molar-refractivity contribution in [3.05, 3.63) is 0 Å². The predicted octanol–water partition coefficient (Wildman–Crippen LogP) is 2.61. The fourth-order valence-corrected chi connectivity index (χ4v) is 2.90. The predicted molar refractivity (Wildman–Crippen MR) is 65.9 cm³/mol. The van der Waals surface area contributed by atoms with Crippen LogP contribution in [-0.4, -0.2) is 34.6 Å². The Bertz CT molecular complexity index is 159. The van der Waals surface area contributed by atoms with Gasteiger partial charge in [0.15, 0.2) is 0 Å². The number of hydrogen-bond acceptors (Lipinski definition) is 3. The van der Waals surface area contributed by atoms with Crippen LogP contribution in [0, 0.1) is 0 Å². The second kappa shape index (κ2) is 4.94. The zero-order valence-corrected chi connectivity index (χ0v) is 10.7. The number of hydrogen-bond donors (Lipinski definition) is 1. The van der Waals surface area contributed by atoms with Crippen molar-refractivity contribution in [3.8, 4) is 0 Å². The van der Waals surface area contributed by atoms with Gasteiger partial charge in [0.25, 0.3) is 0 Å². The largest absolute Gasteiger partial charge is 0.311 e. The van der Waals surface area contributed by atoms with Crippen LogP contribution in [0.4, 0.5) is 0 Å². The molecule has 0 bridgehead atoms. The highest BCUT2D eigenvalue weighted by molar-refractivity contribution is 8.00. The minimum absolute atomic E-state index is 0.382. The first-order valence-corrected chi connectivity index (χ1v) is 7.22. The highest BCUT2D eigenvalue weighted by Crippen LogP contribution is 2.27. The zero-order chi connectivity index (χ0) is 9.90. The van der Waals surface area contributed by atoms with Gasteiger partial charge in [0.2, 0.25) is 0 Å².